The summed E-state index contributed by atoms with van der Waals surface area (Å²) >= 11 is 3.43. The van der Waals surface area contributed by atoms with Crippen LogP contribution in [0, 0.1) is 6.92 Å². The molecule has 0 bridgehead atoms. The molecule has 21 heavy (non-hydrogen) atoms. The molecule has 0 saturated carbocycles. The number of hydrazine groups is 1. The number of ether oxygens (including phenoxy) is 1. The molecule has 0 fully saturated rings. The number of hydrogen-bond donors (Lipinski definition) is 3. The Morgan fingerprint density at radius 2 is 2.19 bits per heavy atom. The van der Waals surface area contributed by atoms with Crippen LogP contribution in [0.2, 0.25) is 0 Å². The minimum Gasteiger partial charge on any atom is -0.490 e. The van der Waals surface area contributed by atoms with Crippen molar-refractivity contribution in [2.45, 2.75) is 26.9 Å². The first kappa shape index (κ1) is 15.5. The van der Waals surface area contributed by atoms with E-state index in [1.807, 2.05) is 32.0 Å². The Morgan fingerprint density at radius 3 is 2.81 bits per heavy atom. The van der Waals surface area contributed by atoms with Gasteiger partial charge in [0, 0.05) is 15.7 Å². The van der Waals surface area contributed by atoms with Crippen LogP contribution in [-0.2, 0) is 0 Å². The molecule has 1 aromatic heterocycles. The number of amides is 1. The van der Waals surface area contributed by atoms with E-state index >= 15 is 0 Å². The van der Waals surface area contributed by atoms with Gasteiger partial charge in [0.1, 0.15) is 11.4 Å². The topological polar surface area (TPSA) is 93.0 Å². The Bertz CT molecular complexity index is 667. The van der Waals surface area contributed by atoms with Gasteiger partial charge in [0.25, 0.3) is 5.91 Å². The average molecular weight is 353 g/mol. The summed E-state index contributed by atoms with van der Waals surface area (Å²) < 4.78 is 6.66. The lowest BCUT2D eigenvalue weighted by Crippen LogP contribution is -2.30. The largest absolute Gasteiger partial charge is 0.490 e. The number of aryl methyl sites for hydroxylation is 1. The number of benzene rings is 1. The summed E-state index contributed by atoms with van der Waals surface area (Å²) in [4.78, 5) is 12.0. The fourth-order valence-electron chi connectivity index (χ4n) is 2.02. The second-order valence-corrected chi connectivity index (χ2v) is 5.77. The van der Waals surface area contributed by atoms with Crippen molar-refractivity contribution in [3.63, 3.8) is 0 Å². The van der Waals surface area contributed by atoms with Crippen LogP contribution in [0.25, 0.3) is 11.3 Å². The van der Waals surface area contributed by atoms with Crippen molar-refractivity contribution >= 4 is 21.8 Å². The third kappa shape index (κ3) is 3.25. The molecule has 1 aromatic carbocycles. The summed E-state index contributed by atoms with van der Waals surface area (Å²) in [6.45, 7) is 5.65. The summed E-state index contributed by atoms with van der Waals surface area (Å²) in [6, 6.07) is 5.58. The third-order valence-electron chi connectivity index (χ3n) is 2.86. The van der Waals surface area contributed by atoms with E-state index in [-0.39, 0.29) is 6.10 Å². The predicted octanol–water partition coefficient (Wildman–Crippen LogP) is 2.54. The first-order valence-electron chi connectivity index (χ1n) is 6.46. The molecule has 0 saturated heterocycles. The van der Waals surface area contributed by atoms with Gasteiger partial charge in [-0.2, -0.15) is 5.10 Å². The van der Waals surface area contributed by atoms with Crippen LogP contribution in [-0.4, -0.2) is 22.2 Å². The number of nitrogen functional groups attached to an aromatic ring is 1. The van der Waals surface area contributed by atoms with E-state index in [4.69, 9.17) is 10.6 Å². The zero-order chi connectivity index (χ0) is 15.6. The maximum absolute atomic E-state index is 12.0. The van der Waals surface area contributed by atoms with E-state index in [0.717, 1.165) is 10.0 Å². The molecule has 2 rings (SSSR count). The molecule has 2 aromatic rings. The Kier molecular flexibility index (Phi) is 4.64. The molecule has 7 heteroatoms. The van der Waals surface area contributed by atoms with Crippen LogP contribution in [0.5, 0.6) is 5.75 Å². The highest BCUT2D eigenvalue weighted by molar-refractivity contribution is 9.10. The first-order valence-corrected chi connectivity index (χ1v) is 7.25. The van der Waals surface area contributed by atoms with Crippen molar-refractivity contribution in [2.75, 3.05) is 0 Å². The summed E-state index contributed by atoms with van der Waals surface area (Å²) in [5, 5.41) is 7.04. The number of nitrogens with two attached hydrogens (primary N) is 1. The van der Waals surface area contributed by atoms with Gasteiger partial charge in [-0.25, -0.2) is 5.84 Å². The van der Waals surface area contributed by atoms with Crippen molar-refractivity contribution in [3.8, 4) is 17.0 Å². The maximum Gasteiger partial charge on any atom is 0.269 e. The molecule has 112 valence electrons. The van der Waals surface area contributed by atoms with Gasteiger partial charge < -0.3 is 4.74 Å². The van der Waals surface area contributed by atoms with Crippen LogP contribution in [0.1, 0.15) is 29.9 Å². The Hall–Kier alpha value is -1.86. The quantitative estimate of drug-likeness (QED) is 0.447. The van der Waals surface area contributed by atoms with Gasteiger partial charge in [0.05, 0.1) is 11.7 Å². The van der Waals surface area contributed by atoms with Crippen LogP contribution in [0.4, 0.5) is 0 Å². The molecule has 0 unspecified atom stereocenters. The number of nitrogens with one attached hydrogen (secondary N) is 2. The van der Waals surface area contributed by atoms with E-state index in [1.165, 1.54) is 0 Å². The zero-order valence-corrected chi connectivity index (χ0v) is 13.6. The standard InChI is InChI=1S/C14H17BrN4O2/c1-7(2)21-11-5-4-9(15)6-10(11)13-12(14(20)17-16)8(3)18-19-13/h4-7H,16H2,1-3H3,(H,17,20)(H,18,19). The van der Waals surface area contributed by atoms with Crippen LogP contribution < -0.4 is 16.0 Å². The van der Waals surface area contributed by atoms with Crippen molar-refractivity contribution in [1.29, 1.82) is 0 Å². The average Bonchev–Trinajstić information content (AvgIpc) is 2.81. The van der Waals surface area contributed by atoms with Gasteiger partial charge in [-0.3, -0.25) is 15.3 Å². The fraction of sp³-hybridized carbons (Fsp3) is 0.286. The Labute approximate surface area is 131 Å². The lowest BCUT2D eigenvalue weighted by atomic mass is 10.0. The highest BCUT2D eigenvalue weighted by atomic mass is 79.9. The van der Waals surface area contributed by atoms with Gasteiger partial charge in [-0.15, -0.1) is 0 Å². The molecule has 0 spiro atoms. The maximum atomic E-state index is 12.0. The summed E-state index contributed by atoms with van der Waals surface area (Å²) in [7, 11) is 0. The number of H-pyrrole nitrogens is 1. The number of carbonyl (C=O) groups excluding carboxylic acids is 1. The smallest absolute Gasteiger partial charge is 0.269 e. The van der Waals surface area contributed by atoms with Gasteiger partial charge >= 0.3 is 0 Å². The van der Waals surface area contributed by atoms with Gasteiger partial charge in [-0.1, -0.05) is 15.9 Å². The molecule has 4 N–H and O–H groups in total. The van der Waals surface area contributed by atoms with Gasteiger partial charge in [-0.05, 0) is 39.0 Å². The molecule has 0 radical (unpaired) electrons. The number of nitrogens with zero attached hydrogens (tertiary/aromatic N) is 1. The molecule has 0 aliphatic rings. The Balaban J connectivity index is 2.61. The van der Waals surface area contributed by atoms with E-state index < -0.39 is 5.91 Å². The highest BCUT2D eigenvalue weighted by Gasteiger charge is 2.22. The lowest BCUT2D eigenvalue weighted by Gasteiger charge is -2.14. The zero-order valence-electron chi connectivity index (χ0n) is 12.0. The second kappa shape index (κ2) is 6.28. The van der Waals surface area contributed by atoms with Crippen molar-refractivity contribution in [2.24, 2.45) is 5.84 Å². The number of rotatable bonds is 4. The third-order valence-corrected chi connectivity index (χ3v) is 3.36. The first-order chi connectivity index (χ1) is 9.93. The highest BCUT2D eigenvalue weighted by Crippen LogP contribution is 2.35. The van der Waals surface area contributed by atoms with E-state index in [0.29, 0.717) is 22.7 Å². The molecule has 1 amide bonds. The summed E-state index contributed by atoms with van der Waals surface area (Å²) in [6.07, 6.45) is 0.0109. The SMILES string of the molecule is Cc1[nH]nc(-c2cc(Br)ccc2OC(C)C)c1C(=O)NN. The molecular formula is C14H17BrN4O2. The van der Waals surface area contributed by atoms with E-state index in [1.54, 1.807) is 6.92 Å². The van der Waals surface area contributed by atoms with Gasteiger partial charge in [0.15, 0.2) is 0 Å². The minimum absolute atomic E-state index is 0.0109. The van der Waals surface area contributed by atoms with Crippen molar-refractivity contribution < 1.29 is 9.53 Å². The molecule has 6 nitrogen and oxygen atoms in total. The lowest BCUT2D eigenvalue weighted by molar-refractivity contribution is 0.0954. The summed E-state index contributed by atoms with van der Waals surface area (Å²) in [5.74, 6) is 5.51. The molecule has 0 atom stereocenters. The monoisotopic (exact) mass is 352 g/mol. The normalized spacial score (nSPS) is 10.8. The number of halogens is 1. The number of carbonyl (C=O) groups is 1. The second-order valence-electron chi connectivity index (χ2n) is 4.85. The number of hydrogen-bond acceptors (Lipinski definition) is 4. The fourth-order valence-corrected chi connectivity index (χ4v) is 2.38. The predicted molar refractivity (Wildman–Crippen MR) is 83.9 cm³/mol. The van der Waals surface area contributed by atoms with Crippen LogP contribution >= 0.6 is 15.9 Å². The minimum atomic E-state index is -0.397. The van der Waals surface area contributed by atoms with Gasteiger partial charge in [0.2, 0.25) is 0 Å². The van der Waals surface area contributed by atoms with E-state index in [2.05, 4.69) is 31.6 Å². The van der Waals surface area contributed by atoms with Crippen LogP contribution in [0.3, 0.4) is 0 Å². The van der Waals surface area contributed by atoms with Crippen molar-refractivity contribution in [1.82, 2.24) is 15.6 Å². The van der Waals surface area contributed by atoms with Crippen molar-refractivity contribution in [3.05, 3.63) is 33.9 Å². The molecular weight excluding hydrogens is 336 g/mol. The summed E-state index contributed by atoms with van der Waals surface area (Å²) in [5.41, 5.74) is 4.42. The van der Waals surface area contributed by atoms with Crippen LogP contribution in [0.15, 0.2) is 22.7 Å². The number of aromatic amines is 1. The molecule has 1 heterocycles. The Morgan fingerprint density at radius 1 is 1.48 bits per heavy atom. The molecule has 0 aliphatic heterocycles. The number of aromatic nitrogens is 2. The van der Waals surface area contributed by atoms with E-state index in [9.17, 15) is 4.79 Å². The molecule has 0 aliphatic carbocycles.